The molecule has 6 heteroatoms. The first-order chi connectivity index (χ1) is 7.18. The molecule has 1 aliphatic rings. The zero-order chi connectivity index (χ0) is 10.8. The van der Waals surface area contributed by atoms with Crippen LogP contribution in [-0.4, -0.2) is 39.1 Å². The predicted molar refractivity (Wildman–Crippen MR) is 54.5 cm³/mol. The van der Waals surface area contributed by atoms with Crippen LogP contribution in [0.2, 0.25) is 0 Å². The Morgan fingerprint density at radius 3 is 2.60 bits per heavy atom. The summed E-state index contributed by atoms with van der Waals surface area (Å²) in [7, 11) is 3.80. The molecule has 1 aromatic rings. The fraction of sp³-hybridized carbons (Fsp3) is 0.778. The Labute approximate surface area is 88.2 Å². The zero-order valence-electron chi connectivity index (χ0n) is 9.05. The molecular weight excluding hydrogens is 194 g/mol. The molecule has 0 bridgehead atoms. The maximum atomic E-state index is 11.1. The number of rotatable bonds is 2. The molecule has 0 aliphatic heterocycles. The Morgan fingerprint density at radius 2 is 2.07 bits per heavy atom. The van der Waals surface area contributed by atoms with E-state index in [1.807, 2.05) is 14.1 Å². The summed E-state index contributed by atoms with van der Waals surface area (Å²) in [6.45, 7) is 0. The van der Waals surface area contributed by atoms with Crippen molar-refractivity contribution in [3.05, 3.63) is 0 Å². The van der Waals surface area contributed by atoms with Crippen LogP contribution in [0.15, 0.2) is 0 Å². The number of carbonyl (C=O) groups is 1. The SMILES string of the molecule is CN(c1nnnn1C)C1CCC(=O)CC1. The quantitative estimate of drug-likeness (QED) is 0.694. The molecule has 1 aliphatic carbocycles. The van der Waals surface area contributed by atoms with Crippen molar-refractivity contribution in [1.82, 2.24) is 20.2 Å². The number of aryl methyl sites for hydroxylation is 1. The van der Waals surface area contributed by atoms with Crippen molar-refractivity contribution in [2.75, 3.05) is 11.9 Å². The van der Waals surface area contributed by atoms with Crippen LogP contribution in [-0.2, 0) is 11.8 Å². The first-order valence-corrected chi connectivity index (χ1v) is 5.15. The van der Waals surface area contributed by atoms with Gasteiger partial charge in [0.25, 0.3) is 0 Å². The largest absolute Gasteiger partial charge is 0.340 e. The van der Waals surface area contributed by atoms with Crippen molar-refractivity contribution >= 4 is 11.7 Å². The second-order valence-electron chi connectivity index (χ2n) is 3.98. The van der Waals surface area contributed by atoms with Crippen molar-refractivity contribution in [2.24, 2.45) is 7.05 Å². The van der Waals surface area contributed by atoms with Crippen LogP contribution in [0, 0.1) is 0 Å². The third kappa shape index (κ3) is 1.98. The third-order valence-corrected chi connectivity index (χ3v) is 2.97. The van der Waals surface area contributed by atoms with E-state index in [4.69, 9.17) is 0 Å². The van der Waals surface area contributed by atoms with Gasteiger partial charge in [-0.25, -0.2) is 4.68 Å². The zero-order valence-corrected chi connectivity index (χ0v) is 9.05. The van der Waals surface area contributed by atoms with Crippen LogP contribution in [0.25, 0.3) is 0 Å². The third-order valence-electron chi connectivity index (χ3n) is 2.97. The van der Waals surface area contributed by atoms with Crippen molar-refractivity contribution in [1.29, 1.82) is 0 Å². The highest BCUT2D eigenvalue weighted by molar-refractivity contribution is 5.79. The number of carbonyl (C=O) groups excluding carboxylic acids is 1. The standard InChI is InChI=1S/C9H15N5O/c1-13(9-10-11-12-14(9)2)7-3-5-8(15)6-4-7/h7H,3-6H2,1-2H3. The van der Waals surface area contributed by atoms with Gasteiger partial charge in [0.15, 0.2) is 0 Å². The van der Waals surface area contributed by atoms with Crippen molar-refractivity contribution in [3.8, 4) is 0 Å². The van der Waals surface area contributed by atoms with Gasteiger partial charge in [0.2, 0.25) is 5.95 Å². The molecular formula is C9H15N5O. The first kappa shape index (κ1) is 10.1. The van der Waals surface area contributed by atoms with Crippen LogP contribution in [0.3, 0.4) is 0 Å². The summed E-state index contributed by atoms with van der Waals surface area (Å²) in [5, 5.41) is 11.4. The molecule has 0 unspecified atom stereocenters. The molecule has 1 heterocycles. The van der Waals surface area contributed by atoms with E-state index in [2.05, 4.69) is 20.4 Å². The highest BCUT2D eigenvalue weighted by Crippen LogP contribution is 2.22. The molecule has 0 amide bonds. The Hall–Kier alpha value is -1.46. The first-order valence-electron chi connectivity index (χ1n) is 5.15. The Bertz CT molecular complexity index is 351. The van der Waals surface area contributed by atoms with E-state index in [1.165, 1.54) is 0 Å². The summed E-state index contributed by atoms with van der Waals surface area (Å²) in [5.74, 6) is 1.13. The van der Waals surface area contributed by atoms with Crippen LogP contribution in [0.4, 0.5) is 5.95 Å². The van der Waals surface area contributed by atoms with E-state index < -0.39 is 0 Å². The Morgan fingerprint density at radius 1 is 1.40 bits per heavy atom. The van der Waals surface area contributed by atoms with Gasteiger partial charge < -0.3 is 4.90 Å². The topological polar surface area (TPSA) is 63.9 Å². The Balaban J connectivity index is 2.05. The van der Waals surface area contributed by atoms with Gasteiger partial charge in [-0.2, -0.15) is 0 Å². The highest BCUT2D eigenvalue weighted by atomic mass is 16.1. The lowest BCUT2D eigenvalue weighted by Gasteiger charge is -2.30. The molecule has 1 saturated carbocycles. The van der Waals surface area contributed by atoms with E-state index in [0.717, 1.165) is 18.8 Å². The van der Waals surface area contributed by atoms with Gasteiger partial charge in [-0.15, -0.1) is 0 Å². The number of nitrogens with zero attached hydrogens (tertiary/aromatic N) is 5. The number of aromatic nitrogens is 4. The lowest BCUT2D eigenvalue weighted by Crippen LogP contribution is -2.36. The Kier molecular flexibility index (Phi) is 2.66. The maximum Gasteiger partial charge on any atom is 0.245 e. The highest BCUT2D eigenvalue weighted by Gasteiger charge is 2.24. The van der Waals surface area contributed by atoms with E-state index in [1.54, 1.807) is 4.68 Å². The van der Waals surface area contributed by atoms with Crippen LogP contribution >= 0.6 is 0 Å². The number of ketones is 1. The second-order valence-corrected chi connectivity index (χ2v) is 3.98. The van der Waals surface area contributed by atoms with E-state index in [0.29, 0.717) is 24.7 Å². The van der Waals surface area contributed by atoms with Gasteiger partial charge in [0.05, 0.1) is 0 Å². The summed E-state index contributed by atoms with van der Waals surface area (Å²) < 4.78 is 1.65. The van der Waals surface area contributed by atoms with Crippen molar-refractivity contribution in [2.45, 2.75) is 31.7 Å². The van der Waals surface area contributed by atoms with Gasteiger partial charge in [-0.1, -0.05) is 5.10 Å². The monoisotopic (exact) mass is 209 g/mol. The lowest BCUT2D eigenvalue weighted by atomic mass is 9.94. The molecule has 1 aromatic heterocycles. The van der Waals surface area contributed by atoms with Gasteiger partial charge in [0.1, 0.15) is 5.78 Å². The number of hydrogen-bond donors (Lipinski definition) is 0. The van der Waals surface area contributed by atoms with Gasteiger partial charge >= 0.3 is 0 Å². The molecule has 6 nitrogen and oxygen atoms in total. The molecule has 0 N–H and O–H groups in total. The molecule has 0 aromatic carbocycles. The number of tetrazole rings is 1. The maximum absolute atomic E-state index is 11.1. The minimum atomic E-state index is 0.371. The number of hydrogen-bond acceptors (Lipinski definition) is 5. The van der Waals surface area contributed by atoms with Crippen LogP contribution in [0.5, 0.6) is 0 Å². The van der Waals surface area contributed by atoms with Crippen LogP contribution < -0.4 is 4.90 Å². The summed E-state index contributed by atoms with van der Waals surface area (Å²) in [4.78, 5) is 13.2. The van der Waals surface area contributed by atoms with Crippen molar-refractivity contribution in [3.63, 3.8) is 0 Å². The van der Waals surface area contributed by atoms with Crippen molar-refractivity contribution < 1.29 is 4.79 Å². The summed E-state index contributed by atoms with van der Waals surface area (Å²) in [5.41, 5.74) is 0. The number of Topliss-reactive ketones (excluding diaryl/α,β-unsaturated/α-hetero) is 1. The van der Waals surface area contributed by atoms with Gasteiger partial charge in [0, 0.05) is 33.0 Å². The molecule has 2 rings (SSSR count). The molecule has 82 valence electrons. The molecule has 0 spiro atoms. The van der Waals surface area contributed by atoms with Crippen LogP contribution in [0.1, 0.15) is 25.7 Å². The minimum Gasteiger partial charge on any atom is -0.340 e. The summed E-state index contributed by atoms with van der Waals surface area (Å²) in [6, 6.07) is 0.382. The van der Waals surface area contributed by atoms with E-state index in [-0.39, 0.29) is 0 Å². The van der Waals surface area contributed by atoms with Gasteiger partial charge in [-0.05, 0) is 23.3 Å². The molecule has 0 radical (unpaired) electrons. The number of anilines is 1. The lowest BCUT2D eigenvalue weighted by molar-refractivity contribution is -0.120. The van der Waals surface area contributed by atoms with E-state index in [9.17, 15) is 4.79 Å². The smallest absolute Gasteiger partial charge is 0.245 e. The molecule has 1 fully saturated rings. The summed E-state index contributed by atoms with van der Waals surface area (Å²) >= 11 is 0. The fourth-order valence-electron chi connectivity index (χ4n) is 2.00. The van der Waals surface area contributed by atoms with E-state index >= 15 is 0 Å². The second kappa shape index (κ2) is 3.96. The fourth-order valence-corrected chi connectivity index (χ4v) is 2.00. The normalized spacial score (nSPS) is 18.1. The molecule has 15 heavy (non-hydrogen) atoms. The molecule has 0 atom stereocenters. The average Bonchev–Trinajstić information content (AvgIpc) is 2.65. The average molecular weight is 209 g/mol. The minimum absolute atomic E-state index is 0.371. The predicted octanol–water partition coefficient (Wildman–Crippen LogP) is 0.158. The summed E-state index contributed by atoms with van der Waals surface area (Å²) in [6.07, 6.45) is 3.17. The van der Waals surface area contributed by atoms with Gasteiger partial charge in [-0.3, -0.25) is 4.79 Å². The molecule has 0 saturated heterocycles.